The number of aliphatic hydroxyl groups excluding tert-OH is 1. The van der Waals surface area contributed by atoms with Gasteiger partial charge in [0.1, 0.15) is 12.4 Å². The Hall–Kier alpha value is -0.580. The number of rotatable bonds is 5. The van der Waals surface area contributed by atoms with Crippen LogP contribution in [0.15, 0.2) is 28.7 Å². The number of aliphatic hydroxyl groups is 1. The molecule has 0 aromatic heterocycles. The van der Waals surface area contributed by atoms with E-state index in [1.165, 1.54) is 0 Å². The van der Waals surface area contributed by atoms with Gasteiger partial charge in [-0.2, -0.15) is 0 Å². The number of benzene rings is 1. The molecule has 0 heterocycles. The first kappa shape index (κ1) is 11.5. The first-order valence-corrected chi connectivity index (χ1v) is 5.29. The third-order valence-corrected chi connectivity index (χ3v) is 2.42. The van der Waals surface area contributed by atoms with Crippen LogP contribution < -0.4 is 10.5 Å². The molecule has 1 rings (SSSR count). The lowest BCUT2D eigenvalue weighted by atomic mass is 10.3. The highest BCUT2D eigenvalue weighted by molar-refractivity contribution is 9.10. The number of halogens is 1. The minimum absolute atomic E-state index is 0.278. The molecule has 1 aromatic carbocycles. The molecule has 0 saturated heterocycles. The predicted octanol–water partition coefficient (Wildman–Crippen LogP) is 1.54. The molecule has 0 amide bonds. The van der Waals surface area contributed by atoms with Crippen molar-refractivity contribution in [2.24, 2.45) is 5.73 Å². The molecule has 3 nitrogen and oxygen atoms in total. The molecule has 4 heteroatoms. The van der Waals surface area contributed by atoms with E-state index in [1.807, 2.05) is 24.3 Å². The number of hydrogen-bond donors (Lipinski definition) is 2. The number of nitrogens with two attached hydrogens (primary N) is 1. The van der Waals surface area contributed by atoms with E-state index >= 15 is 0 Å². The van der Waals surface area contributed by atoms with Crippen LogP contribution in [0.4, 0.5) is 0 Å². The summed E-state index contributed by atoms with van der Waals surface area (Å²) in [6.45, 7) is 0.750. The van der Waals surface area contributed by atoms with Crippen LogP contribution in [-0.4, -0.2) is 24.4 Å². The fourth-order valence-corrected chi connectivity index (χ4v) is 1.42. The van der Waals surface area contributed by atoms with E-state index in [0.29, 0.717) is 13.0 Å². The normalized spacial score (nSPS) is 12.5. The summed E-state index contributed by atoms with van der Waals surface area (Å²) in [5.74, 6) is 0.739. The van der Waals surface area contributed by atoms with E-state index < -0.39 is 6.10 Å². The third-order valence-electron chi connectivity index (χ3n) is 1.77. The summed E-state index contributed by atoms with van der Waals surface area (Å²) in [5, 5.41) is 9.38. The molecule has 0 spiro atoms. The molecule has 3 N–H and O–H groups in total. The predicted molar refractivity (Wildman–Crippen MR) is 59.3 cm³/mol. The Bertz CT molecular complexity index is 281. The van der Waals surface area contributed by atoms with Crippen molar-refractivity contribution in [3.8, 4) is 5.75 Å². The van der Waals surface area contributed by atoms with Gasteiger partial charge in [0, 0.05) is 0 Å². The summed E-state index contributed by atoms with van der Waals surface area (Å²) in [6.07, 6.45) is 0.0666. The van der Waals surface area contributed by atoms with Gasteiger partial charge in [-0.15, -0.1) is 0 Å². The van der Waals surface area contributed by atoms with Crippen LogP contribution in [0, 0.1) is 0 Å². The highest BCUT2D eigenvalue weighted by Gasteiger charge is 2.05. The fourth-order valence-electron chi connectivity index (χ4n) is 1.02. The van der Waals surface area contributed by atoms with Crippen LogP contribution >= 0.6 is 15.9 Å². The molecule has 1 unspecified atom stereocenters. The van der Waals surface area contributed by atoms with Gasteiger partial charge in [-0.05, 0) is 41.0 Å². The molecule has 0 aliphatic heterocycles. The summed E-state index contributed by atoms with van der Waals surface area (Å²) in [7, 11) is 0. The summed E-state index contributed by atoms with van der Waals surface area (Å²) < 4.78 is 6.29. The van der Waals surface area contributed by atoms with Gasteiger partial charge in [-0.25, -0.2) is 0 Å². The van der Waals surface area contributed by atoms with Crippen molar-refractivity contribution < 1.29 is 9.84 Å². The zero-order valence-electron chi connectivity index (χ0n) is 7.82. The molecule has 0 fully saturated rings. The molecule has 0 saturated carbocycles. The fraction of sp³-hybridized carbons (Fsp3) is 0.400. The van der Waals surface area contributed by atoms with Crippen LogP contribution in [0.3, 0.4) is 0 Å². The van der Waals surface area contributed by atoms with Crippen molar-refractivity contribution in [3.63, 3.8) is 0 Å². The average Bonchev–Trinajstić information content (AvgIpc) is 2.17. The van der Waals surface area contributed by atoms with E-state index in [0.717, 1.165) is 10.2 Å². The van der Waals surface area contributed by atoms with E-state index in [1.54, 1.807) is 0 Å². The number of hydrogen-bond acceptors (Lipinski definition) is 3. The van der Waals surface area contributed by atoms with Crippen LogP contribution in [-0.2, 0) is 0 Å². The Balaban J connectivity index is 2.41. The lowest BCUT2D eigenvalue weighted by molar-refractivity contribution is 0.102. The molecule has 0 radical (unpaired) electrons. The van der Waals surface area contributed by atoms with Crippen molar-refractivity contribution >= 4 is 15.9 Å². The second-order valence-corrected chi connectivity index (χ2v) is 3.83. The summed E-state index contributed by atoms with van der Waals surface area (Å²) in [6, 6.07) is 7.53. The van der Waals surface area contributed by atoms with Gasteiger partial charge in [-0.3, -0.25) is 0 Å². The maximum absolute atomic E-state index is 9.38. The number of para-hydroxylation sites is 1. The Kier molecular flexibility index (Phi) is 4.93. The standard InChI is InChI=1S/C10H14BrNO2/c11-9-3-1-2-4-10(9)14-7-8(13)5-6-12/h1-4,8,13H,5-7,12H2. The quantitative estimate of drug-likeness (QED) is 0.844. The largest absolute Gasteiger partial charge is 0.490 e. The summed E-state index contributed by atoms with van der Waals surface area (Å²) in [5.41, 5.74) is 5.30. The molecule has 14 heavy (non-hydrogen) atoms. The Morgan fingerprint density at radius 3 is 2.79 bits per heavy atom. The first-order valence-electron chi connectivity index (χ1n) is 4.49. The van der Waals surface area contributed by atoms with E-state index in [-0.39, 0.29) is 6.61 Å². The van der Waals surface area contributed by atoms with Crippen molar-refractivity contribution in [3.05, 3.63) is 28.7 Å². The minimum Gasteiger partial charge on any atom is -0.490 e. The molecule has 1 aromatic rings. The lowest BCUT2D eigenvalue weighted by Crippen LogP contribution is -2.21. The topological polar surface area (TPSA) is 55.5 Å². The van der Waals surface area contributed by atoms with Gasteiger partial charge in [0.25, 0.3) is 0 Å². The van der Waals surface area contributed by atoms with E-state index in [4.69, 9.17) is 10.5 Å². The smallest absolute Gasteiger partial charge is 0.133 e. The SMILES string of the molecule is NCCC(O)COc1ccccc1Br. The van der Waals surface area contributed by atoms with Gasteiger partial charge >= 0.3 is 0 Å². The first-order chi connectivity index (χ1) is 6.74. The molecular weight excluding hydrogens is 246 g/mol. The molecular formula is C10H14BrNO2. The third kappa shape index (κ3) is 3.65. The zero-order chi connectivity index (χ0) is 10.4. The average molecular weight is 260 g/mol. The van der Waals surface area contributed by atoms with Gasteiger partial charge in [-0.1, -0.05) is 12.1 Å². The summed E-state index contributed by atoms with van der Waals surface area (Å²) >= 11 is 3.35. The van der Waals surface area contributed by atoms with Gasteiger partial charge < -0.3 is 15.6 Å². The lowest BCUT2D eigenvalue weighted by Gasteiger charge is -2.12. The number of ether oxygens (including phenoxy) is 1. The van der Waals surface area contributed by atoms with Gasteiger partial charge in [0.15, 0.2) is 0 Å². The van der Waals surface area contributed by atoms with Crippen molar-refractivity contribution in [1.29, 1.82) is 0 Å². The van der Waals surface area contributed by atoms with Crippen molar-refractivity contribution in [2.75, 3.05) is 13.2 Å². The maximum atomic E-state index is 9.38. The summed E-state index contributed by atoms with van der Waals surface area (Å²) in [4.78, 5) is 0. The van der Waals surface area contributed by atoms with Crippen molar-refractivity contribution in [1.82, 2.24) is 0 Å². The van der Waals surface area contributed by atoms with Crippen LogP contribution in [0.1, 0.15) is 6.42 Å². The maximum Gasteiger partial charge on any atom is 0.133 e. The molecule has 0 aliphatic carbocycles. The Labute approximate surface area is 92.0 Å². The van der Waals surface area contributed by atoms with E-state index in [9.17, 15) is 5.11 Å². The molecule has 1 atom stereocenters. The van der Waals surface area contributed by atoms with Gasteiger partial charge in [0.05, 0.1) is 10.6 Å². The molecule has 0 bridgehead atoms. The monoisotopic (exact) mass is 259 g/mol. The van der Waals surface area contributed by atoms with Gasteiger partial charge in [0.2, 0.25) is 0 Å². The van der Waals surface area contributed by atoms with E-state index in [2.05, 4.69) is 15.9 Å². The second kappa shape index (κ2) is 6.01. The van der Waals surface area contributed by atoms with Crippen LogP contribution in [0.25, 0.3) is 0 Å². The Morgan fingerprint density at radius 2 is 2.14 bits per heavy atom. The van der Waals surface area contributed by atoms with Crippen molar-refractivity contribution in [2.45, 2.75) is 12.5 Å². The Morgan fingerprint density at radius 1 is 1.43 bits per heavy atom. The molecule has 78 valence electrons. The second-order valence-electron chi connectivity index (χ2n) is 2.97. The minimum atomic E-state index is -0.493. The highest BCUT2D eigenvalue weighted by Crippen LogP contribution is 2.23. The van der Waals surface area contributed by atoms with Crippen LogP contribution in [0.5, 0.6) is 5.75 Å². The molecule has 0 aliphatic rings. The van der Waals surface area contributed by atoms with Crippen LogP contribution in [0.2, 0.25) is 0 Å². The highest BCUT2D eigenvalue weighted by atomic mass is 79.9. The zero-order valence-corrected chi connectivity index (χ0v) is 9.40.